The number of para-hydroxylation sites is 2. The van der Waals surface area contributed by atoms with Crippen LogP contribution in [-0.2, 0) is 14.3 Å². The largest absolute Gasteiger partial charge is 0.495 e. The minimum Gasteiger partial charge on any atom is -0.495 e. The molecule has 0 aromatic heterocycles. The Bertz CT molecular complexity index is 879. The number of carbonyl (C=O) groups excluding carboxylic acids is 3. The van der Waals surface area contributed by atoms with Gasteiger partial charge < -0.3 is 19.7 Å². The Morgan fingerprint density at radius 3 is 2.54 bits per heavy atom. The average molecular weight is 382 g/mol. The fraction of sp³-hybridized carbons (Fsp3) is 0.286. The molecule has 1 N–H and O–H groups in total. The van der Waals surface area contributed by atoms with Crippen LogP contribution in [0.3, 0.4) is 0 Å². The maximum absolute atomic E-state index is 12.6. The third-order valence-electron chi connectivity index (χ3n) is 4.54. The van der Waals surface area contributed by atoms with Gasteiger partial charge in [0.15, 0.2) is 0 Å². The van der Waals surface area contributed by atoms with E-state index in [0.717, 1.165) is 0 Å². The SMILES string of the molecule is CCOC(=O)c1ccc(NC(=O)C2CC(=O)N(c3ccccc3OC)C2)cc1. The van der Waals surface area contributed by atoms with E-state index < -0.39 is 11.9 Å². The first-order chi connectivity index (χ1) is 13.5. The monoisotopic (exact) mass is 382 g/mol. The van der Waals surface area contributed by atoms with Crippen molar-refractivity contribution >= 4 is 29.2 Å². The van der Waals surface area contributed by atoms with Gasteiger partial charge in [0.2, 0.25) is 11.8 Å². The first-order valence-corrected chi connectivity index (χ1v) is 9.05. The molecule has 1 aliphatic heterocycles. The van der Waals surface area contributed by atoms with E-state index in [9.17, 15) is 14.4 Å². The summed E-state index contributed by atoms with van der Waals surface area (Å²) in [7, 11) is 1.55. The normalized spacial score (nSPS) is 16.0. The fourth-order valence-electron chi connectivity index (χ4n) is 3.12. The highest BCUT2D eigenvalue weighted by molar-refractivity contribution is 6.04. The molecule has 0 bridgehead atoms. The van der Waals surface area contributed by atoms with Gasteiger partial charge in [-0.2, -0.15) is 0 Å². The van der Waals surface area contributed by atoms with E-state index in [-0.39, 0.29) is 24.8 Å². The molecule has 1 fully saturated rings. The van der Waals surface area contributed by atoms with Crippen LogP contribution >= 0.6 is 0 Å². The Hall–Kier alpha value is -3.35. The van der Waals surface area contributed by atoms with Crippen LogP contribution < -0.4 is 15.0 Å². The first-order valence-electron chi connectivity index (χ1n) is 9.05. The number of ether oxygens (including phenoxy) is 2. The second kappa shape index (κ2) is 8.56. The number of methoxy groups -OCH3 is 1. The minimum absolute atomic E-state index is 0.123. The zero-order chi connectivity index (χ0) is 20.1. The van der Waals surface area contributed by atoms with Gasteiger partial charge in [-0.15, -0.1) is 0 Å². The van der Waals surface area contributed by atoms with Crippen LogP contribution in [0.5, 0.6) is 5.75 Å². The van der Waals surface area contributed by atoms with Crippen LogP contribution in [0.2, 0.25) is 0 Å². The molecule has 0 aliphatic carbocycles. The summed E-state index contributed by atoms with van der Waals surface area (Å²) in [6.07, 6.45) is 0.130. The number of hydrogen-bond acceptors (Lipinski definition) is 5. The van der Waals surface area contributed by atoms with Crippen LogP contribution in [0, 0.1) is 5.92 Å². The van der Waals surface area contributed by atoms with Crippen molar-refractivity contribution in [3.63, 3.8) is 0 Å². The van der Waals surface area contributed by atoms with Crippen molar-refractivity contribution in [3.05, 3.63) is 54.1 Å². The van der Waals surface area contributed by atoms with Gasteiger partial charge in [-0.3, -0.25) is 9.59 Å². The van der Waals surface area contributed by atoms with Crippen LogP contribution in [0.1, 0.15) is 23.7 Å². The van der Waals surface area contributed by atoms with Gasteiger partial charge in [0.1, 0.15) is 5.75 Å². The smallest absolute Gasteiger partial charge is 0.338 e. The van der Waals surface area contributed by atoms with E-state index in [1.54, 1.807) is 55.3 Å². The number of esters is 1. The molecule has 2 aromatic rings. The quantitative estimate of drug-likeness (QED) is 0.777. The van der Waals surface area contributed by atoms with Crippen molar-refractivity contribution in [2.75, 3.05) is 30.5 Å². The number of hydrogen-bond donors (Lipinski definition) is 1. The second-order valence-corrected chi connectivity index (χ2v) is 6.36. The zero-order valence-corrected chi connectivity index (χ0v) is 15.8. The molecule has 0 radical (unpaired) electrons. The second-order valence-electron chi connectivity index (χ2n) is 6.36. The summed E-state index contributed by atoms with van der Waals surface area (Å²) in [4.78, 5) is 38.3. The molecular weight excluding hydrogens is 360 g/mol. The maximum atomic E-state index is 12.6. The van der Waals surface area contributed by atoms with E-state index in [1.807, 2.05) is 12.1 Å². The van der Waals surface area contributed by atoms with Crippen molar-refractivity contribution in [2.24, 2.45) is 5.92 Å². The Morgan fingerprint density at radius 1 is 1.14 bits per heavy atom. The minimum atomic E-state index is -0.470. The van der Waals surface area contributed by atoms with Crippen molar-refractivity contribution in [3.8, 4) is 5.75 Å². The van der Waals surface area contributed by atoms with Crippen molar-refractivity contribution < 1.29 is 23.9 Å². The van der Waals surface area contributed by atoms with E-state index in [4.69, 9.17) is 9.47 Å². The summed E-state index contributed by atoms with van der Waals surface area (Å²) in [6.45, 7) is 2.32. The van der Waals surface area contributed by atoms with E-state index >= 15 is 0 Å². The molecular formula is C21H22N2O5. The summed E-state index contributed by atoms with van der Waals surface area (Å²) in [5.74, 6) is -0.653. The van der Waals surface area contributed by atoms with Crippen LogP contribution in [0.25, 0.3) is 0 Å². The first kappa shape index (κ1) is 19.4. The standard InChI is InChI=1S/C21H22N2O5/c1-3-28-21(26)14-8-10-16(11-9-14)22-20(25)15-12-19(24)23(13-15)17-6-4-5-7-18(17)27-2/h4-11,15H,3,12-13H2,1-2H3,(H,22,25). The van der Waals surface area contributed by atoms with Gasteiger partial charge in [0.05, 0.1) is 30.9 Å². The van der Waals surface area contributed by atoms with Crippen molar-refractivity contribution in [1.29, 1.82) is 0 Å². The fourth-order valence-corrected chi connectivity index (χ4v) is 3.12. The highest BCUT2D eigenvalue weighted by Crippen LogP contribution is 2.33. The number of amides is 2. The van der Waals surface area contributed by atoms with Gasteiger partial charge in [-0.25, -0.2) is 4.79 Å². The van der Waals surface area contributed by atoms with Gasteiger partial charge in [-0.05, 0) is 43.3 Å². The average Bonchev–Trinajstić information content (AvgIpc) is 3.10. The van der Waals surface area contributed by atoms with Crippen LogP contribution in [0.4, 0.5) is 11.4 Å². The summed E-state index contributed by atoms with van der Waals surface area (Å²) in [5, 5.41) is 2.80. The molecule has 2 aromatic carbocycles. The highest BCUT2D eigenvalue weighted by Gasteiger charge is 2.36. The van der Waals surface area contributed by atoms with E-state index in [2.05, 4.69) is 5.32 Å². The molecule has 1 aliphatic rings. The predicted molar refractivity (Wildman–Crippen MR) is 104 cm³/mol. The number of anilines is 2. The van der Waals surface area contributed by atoms with Gasteiger partial charge in [0, 0.05) is 18.7 Å². The predicted octanol–water partition coefficient (Wildman–Crippen LogP) is 2.86. The van der Waals surface area contributed by atoms with Gasteiger partial charge >= 0.3 is 5.97 Å². The molecule has 7 heteroatoms. The Balaban J connectivity index is 1.65. The van der Waals surface area contributed by atoms with Gasteiger partial charge in [0.25, 0.3) is 0 Å². The number of benzene rings is 2. The van der Waals surface area contributed by atoms with Crippen LogP contribution in [-0.4, -0.2) is 38.0 Å². The number of nitrogens with zero attached hydrogens (tertiary/aromatic N) is 1. The molecule has 1 unspecified atom stereocenters. The number of rotatable bonds is 6. The molecule has 3 rings (SSSR count). The Kier molecular flexibility index (Phi) is 5.93. The molecule has 7 nitrogen and oxygen atoms in total. The lowest BCUT2D eigenvalue weighted by Gasteiger charge is -2.19. The number of carbonyl (C=O) groups is 3. The lowest BCUT2D eigenvalue weighted by atomic mass is 10.1. The summed E-state index contributed by atoms with van der Waals surface area (Å²) in [5.41, 5.74) is 1.63. The molecule has 2 amide bonds. The third-order valence-corrected chi connectivity index (χ3v) is 4.54. The zero-order valence-electron chi connectivity index (χ0n) is 15.8. The van der Waals surface area contributed by atoms with E-state index in [1.165, 1.54) is 0 Å². The highest BCUT2D eigenvalue weighted by atomic mass is 16.5. The molecule has 1 atom stereocenters. The summed E-state index contributed by atoms with van der Waals surface area (Å²) in [6, 6.07) is 13.7. The summed E-state index contributed by atoms with van der Waals surface area (Å²) >= 11 is 0. The molecule has 0 spiro atoms. The van der Waals surface area contributed by atoms with Crippen LogP contribution in [0.15, 0.2) is 48.5 Å². The Morgan fingerprint density at radius 2 is 1.86 bits per heavy atom. The summed E-state index contributed by atoms with van der Waals surface area (Å²) < 4.78 is 10.2. The number of nitrogens with one attached hydrogen (secondary N) is 1. The topological polar surface area (TPSA) is 84.9 Å². The Labute approximate surface area is 163 Å². The molecule has 1 saturated heterocycles. The molecule has 1 heterocycles. The maximum Gasteiger partial charge on any atom is 0.338 e. The van der Waals surface area contributed by atoms with E-state index in [0.29, 0.717) is 29.3 Å². The molecule has 28 heavy (non-hydrogen) atoms. The molecule has 0 saturated carbocycles. The van der Waals surface area contributed by atoms with Crippen molar-refractivity contribution in [2.45, 2.75) is 13.3 Å². The molecule has 146 valence electrons. The lowest BCUT2D eigenvalue weighted by molar-refractivity contribution is -0.122. The van der Waals surface area contributed by atoms with Gasteiger partial charge in [-0.1, -0.05) is 12.1 Å². The lowest BCUT2D eigenvalue weighted by Crippen LogP contribution is -2.28. The van der Waals surface area contributed by atoms with Crippen molar-refractivity contribution in [1.82, 2.24) is 0 Å². The third kappa shape index (κ3) is 4.14.